The summed E-state index contributed by atoms with van der Waals surface area (Å²) in [5, 5.41) is 2.86. The van der Waals surface area contributed by atoms with Crippen LogP contribution in [0.5, 0.6) is 0 Å². The highest BCUT2D eigenvalue weighted by atomic mass is 79.9. The molecule has 2 rings (SSSR count). The maximum atomic E-state index is 11.9. The average Bonchev–Trinajstić information content (AvgIpc) is 2.67. The molecule has 0 saturated carbocycles. The highest BCUT2D eigenvalue weighted by Gasteiger charge is 2.13. The first kappa shape index (κ1) is 13.6. The second kappa shape index (κ2) is 5.86. The van der Waals surface area contributed by atoms with Gasteiger partial charge in [-0.25, -0.2) is 0 Å². The fourth-order valence-electron chi connectivity index (χ4n) is 1.41. The van der Waals surface area contributed by atoms with Gasteiger partial charge in [0.1, 0.15) is 0 Å². The van der Waals surface area contributed by atoms with E-state index in [1.807, 2.05) is 24.3 Å². The van der Waals surface area contributed by atoms with E-state index in [0.717, 1.165) is 18.8 Å². The molecule has 1 aromatic heterocycles. The third-order valence-corrected chi connectivity index (χ3v) is 4.67. The summed E-state index contributed by atoms with van der Waals surface area (Å²) < 4.78 is 1.75. The molecule has 0 radical (unpaired) electrons. The van der Waals surface area contributed by atoms with E-state index in [2.05, 4.69) is 37.2 Å². The van der Waals surface area contributed by atoms with Crippen molar-refractivity contribution in [2.45, 2.75) is 6.54 Å². The number of rotatable bonds is 3. The Morgan fingerprint density at radius 3 is 2.50 bits per heavy atom. The van der Waals surface area contributed by atoms with Crippen molar-refractivity contribution in [2.24, 2.45) is 0 Å². The molecule has 0 atom stereocenters. The number of amides is 1. The minimum atomic E-state index is -0.0966. The largest absolute Gasteiger partial charge is 0.399 e. The molecule has 0 bridgehead atoms. The first-order valence-corrected chi connectivity index (χ1v) is 7.54. The predicted molar refractivity (Wildman–Crippen MR) is 81.7 cm³/mol. The van der Waals surface area contributed by atoms with Gasteiger partial charge in [-0.05, 0) is 55.6 Å². The normalized spacial score (nSPS) is 10.3. The van der Waals surface area contributed by atoms with Gasteiger partial charge in [-0.2, -0.15) is 0 Å². The van der Waals surface area contributed by atoms with Gasteiger partial charge in [0.25, 0.3) is 5.91 Å². The van der Waals surface area contributed by atoms with Gasteiger partial charge in [0, 0.05) is 12.2 Å². The second-order valence-corrected chi connectivity index (χ2v) is 7.41. The Bertz CT molecular complexity index is 566. The fraction of sp³-hybridized carbons (Fsp3) is 0.0833. The van der Waals surface area contributed by atoms with Gasteiger partial charge >= 0.3 is 0 Å². The first-order chi connectivity index (χ1) is 8.56. The molecule has 0 fully saturated rings. The van der Waals surface area contributed by atoms with Crippen LogP contribution in [-0.2, 0) is 6.54 Å². The molecule has 1 heterocycles. The maximum Gasteiger partial charge on any atom is 0.253 e. The van der Waals surface area contributed by atoms with Crippen LogP contribution in [0.1, 0.15) is 15.9 Å². The molecule has 0 aliphatic rings. The van der Waals surface area contributed by atoms with Gasteiger partial charge in [-0.15, -0.1) is 11.3 Å². The summed E-state index contributed by atoms with van der Waals surface area (Å²) in [5.41, 5.74) is 7.97. The zero-order valence-electron chi connectivity index (χ0n) is 9.24. The van der Waals surface area contributed by atoms with Crippen molar-refractivity contribution in [3.63, 3.8) is 0 Å². The third-order valence-electron chi connectivity index (χ3n) is 2.33. The van der Waals surface area contributed by atoms with Crippen LogP contribution in [0.3, 0.4) is 0 Å². The van der Waals surface area contributed by atoms with Crippen LogP contribution in [-0.4, -0.2) is 5.91 Å². The standard InChI is InChI=1S/C12H10Br2N2OS/c13-10-5-9(11(14)18-10)12(17)16-6-7-1-3-8(15)4-2-7/h1-5H,6,15H2,(H,16,17). The van der Waals surface area contributed by atoms with Gasteiger partial charge in [0.05, 0.1) is 13.1 Å². The molecular formula is C12H10Br2N2OS. The minimum Gasteiger partial charge on any atom is -0.399 e. The van der Waals surface area contributed by atoms with Crippen LogP contribution in [0.25, 0.3) is 0 Å². The number of thiophene rings is 1. The monoisotopic (exact) mass is 388 g/mol. The van der Waals surface area contributed by atoms with E-state index >= 15 is 0 Å². The van der Waals surface area contributed by atoms with Crippen LogP contribution in [0.2, 0.25) is 0 Å². The van der Waals surface area contributed by atoms with Gasteiger partial charge in [0.2, 0.25) is 0 Å². The number of hydrogen-bond acceptors (Lipinski definition) is 3. The number of halogens is 2. The lowest BCUT2D eigenvalue weighted by atomic mass is 10.2. The number of carbonyl (C=O) groups excluding carboxylic acids is 1. The van der Waals surface area contributed by atoms with Crippen molar-refractivity contribution in [1.29, 1.82) is 0 Å². The highest BCUT2D eigenvalue weighted by Crippen LogP contribution is 2.31. The van der Waals surface area contributed by atoms with Crippen LogP contribution in [0.15, 0.2) is 37.9 Å². The lowest BCUT2D eigenvalue weighted by Gasteiger charge is -2.04. The summed E-state index contributed by atoms with van der Waals surface area (Å²) in [6.07, 6.45) is 0. The zero-order chi connectivity index (χ0) is 13.1. The summed E-state index contributed by atoms with van der Waals surface area (Å²) in [6.45, 7) is 0.485. The summed E-state index contributed by atoms with van der Waals surface area (Å²) in [4.78, 5) is 11.9. The quantitative estimate of drug-likeness (QED) is 0.784. The number of hydrogen-bond donors (Lipinski definition) is 2. The summed E-state index contributed by atoms with van der Waals surface area (Å²) in [6, 6.07) is 9.23. The Morgan fingerprint density at radius 2 is 1.94 bits per heavy atom. The molecule has 3 nitrogen and oxygen atoms in total. The van der Waals surface area contributed by atoms with Crippen molar-refractivity contribution in [3.8, 4) is 0 Å². The number of benzene rings is 1. The molecule has 0 aliphatic heterocycles. The van der Waals surface area contributed by atoms with Crippen molar-refractivity contribution in [3.05, 3.63) is 49.0 Å². The molecule has 6 heteroatoms. The van der Waals surface area contributed by atoms with E-state index < -0.39 is 0 Å². The summed E-state index contributed by atoms with van der Waals surface area (Å²) >= 11 is 8.19. The Balaban J connectivity index is 2.00. The number of nitrogens with one attached hydrogen (secondary N) is 1. The number of anilines is 1. The molecule has 0 saturated heterocycles. The van der Waals surface area contributed by atoms with E-state index in [9.17, 15) is 4.79 Å². The van der Waals surface area contributed by atoms with Crippen LogP contribution >= 0.6 is 43.2 Å². The zero-order valence-corrected chi connectivity index (χ0v) is 13.2. The molecule has 0 spiro atoms. The van der Waals surface area contributed by atoms with Gasteiger partial charge in [-0.1, -0.05) is 12.1 Å². The van der Waals surface area contributed by atoms with E-state index in [4.69, 9.17) is 5.73 Å². The molecule has 3 N–H and O–H groups in total. The lowest BCUT2D eigenvalue weighted by Crippen LogP contribution is -2.22. The Morgan fingerprint density at radius 1 is 1.28 bits per heavy atom. The summed E-state index contributed by atoms with van der Waals surface area (Å²) in [5.74, 6) is -0.0966. The number of carbonyl (C=O) groups is 1. The molecule has 2 aromatic rings. The molecule has 0 aliphatic carbocycles. The van der Waals surface area contributed by atoms with Gasteiger partial charge < -0.3 is 11.1 Å². The SMILES string of the molecule is Nc1ccc(CNC(=O)c2cc(Br)sc2Br)cc1. The Hall–Kier alpha value is -0.850. The topological polar surface area (TPSA) is 55.1 Å². The van der Waals surface area contributed by atoms with Crippen molar-refractivity contribution < 1.29 is 4.79 Å². The average molecular weight is 390 g/mol. The van der Waals surface area contributed by atoms with Crippen LogP contribution in [0.4, 0.5) is 5.69 Å². The smallest absolute Gasteiger partial charge is 0.253 e. The van der Waals surface area contributed by atoms with Crippen molar-refractivity contribution in [1.82, 2.24) is 5.32 Å². The third kappa shape index (κ3) is 3.34. The molecule has 0 unspecified atom stereocenters. The van der Waals surface area contributed by atoms with Crippen LogP contribution in [0, 0.1) is 0 Å². The maximum absolute atomic E-state index is 11.9. The van der Waals surface area contributed by atoms with Gasteiger partial charge in [-0.3, -0.25) is 4.79 Å². The lowest BCUT2D eigenvalue weighted by molar-refractivity contribution is 0.0950. The van der Waals surface area contributed by atoms with Gasteiger partial charge in [0.15, 0.2) is 0 Å². The van der Waals surface area contributed by atoms with E-state index in [1.165, 1.54) is 11.3 Å². The summed E-state index contributed by atoms with van der Waals surface area (Å²) in [7, 11) is 0. The van der Waals surface area contributed by atoms with Crippen molar-refractivity contribution >= 4 is 54.8 Å². The molecule has 94 valence electrons. The van der Waals surface area contributed by atoms with E-state index in [-0.39, 0.29) is 5.91 Å². The second-order valence-electron chi connectivity index (χ2n) is 3.66. The first-order valence-electron chi connectivity index (χ1n) is 5.13. The predicted octanol–water partition coefficient (Wildman–Crippen LogP) is 3.79. The molecule has 1 amide bonds. The van der Waals surface area contributed by atoms with E-state index in [0.29, 0.717) is 12.1 Å². The minimum absolute atomic E-state index is 0.0966. The van der Waals surface area contributed by atoms with E-state index in [1.54, 1.807) is 6.07 Å². The molecule has 18 heavy (non-hydrogen) atoms. The molecular weight excluding hydrogens is 380 g/mol. The molecule has 1 aromatic carbocycles. The highest BCUT2D eigenvalue weighted by molar-refractivity contribution is 9.12. The van der Waals surface area contributed by atoms with Crippen LogP contribution < -0.4 is 11.1 Å². The van der Waals surface area contributed by atoms with Crippen molar-refractivity contribution in [2.75, 3.05) is 5.73 Å². The Kier molecular flexibility index (Phi) is 4.42. The Labute approximate surface area is 126 Å². The number of nitrogens with two attached hydrogens (primary N) is 1. The number of nitrogen functional groups attached to an aromatic ring is 1. The fourth-order valence-corrected chi connectivity index (χ4v) is 4.20.